The minimum absolute atomic E-state index is 0.0818. The van der Waals surface area contributed by atoms with Gasteiger partial charge in [-0.05, 0) is 48.4 Å². The van der Waals surface area contributed by atoms with E-state index in [4.69, 9.17) is 9.47 Å². The van der Waals surface area contributed by atoms with Gasteiger partial charge in [-0.1, -0.05) is 67.6 Å². The molecule has 4 rings (SSSR count). The van der Waals surface area contributed by atoms with Crippen LogP contribution in [0.1, 0.15) is 31.9 Å². The Morgan fingerprint density at radius 1 is 0.938 bits per heavy atom. The normalized spacial score (nSPS) is 11.3. The van der Waals surface area contributed by atoms with Crippen molar-refractivity contribution in [3.8, 4) is 11.5 Å². The second-order valence-corrected chi connectivity index (χ2v) is 8.96. The van der Waals surface area contributed by atoms with E-state index in [-0.39, 0.29) is 17.9 Å². The summed E-state index contributed by atoms with van der Waals surface area (Å²) in [6.07, 6.45) is 0. The number of carbonyl (C=O) groups is 1. The van der Waals surface area contributed by atoms with Crippen LogP contribution in [-0.2, 0) is 10.2 Å². The van der Waals surface area contributed by atoms with Gasteiger partial charge in [0.15, 0.2) is 11.7 Å². The first-order valence-corrected chi connectivity index (χ1v) is 11.4. The van der Waals surface area contributed by atoms with E-state index in [2.05, 4.69) is 48.4 Å². The van der Waals surface area contributed by atoms with Gasteiger partial charge in [-0.2, -0.15) is 0 Å². The van der Waals surface area contributed by atoms with E-state index >= 15 is 0 Å². The Morgan fingerprint density at radius 3 is 2.34 bits per heavy atom. The second-order valence-electron chi connectivity index (χ2n) is 7.93. The molecule has 0 unspecified atom stereocenters. The first-order valence-electron chi connectivity index (χ1n) is 10.6. The maximum Gasteiger partial charge on any atom is 0.264 e. The van der Waals surface area contributed by atoms with E-state index in [1.54, 1.807) is 0 Å². The molecule has 0 bridgehead atoms. The average Bonchev–Trinajstić information content (AvgIpc) is 3.20. The number of aromatic nitrogens is 1. The van der Waals surface area contributed by atoms with Crippen molar-refractivity contribution >= 4 is 32.6 Å². The molecule has 164 valence electrons. The minimum atomic E-state index is -0.247. The molecule has 1 N–H and O–H groups in total. The molecule has 0 atom stereocenters. The summed E-state index contributed by atoms with van der Waals surface area (Å²) in [6.45, 7) is 6.86. The number of carbonyl (C=O) groups excluding carboxylic acids is 1. The van der Waals surface area contributed by atoms with Crippen LogP contribution in [0.5, 0.6) is 11.5 Å². The number of anilines is 1. The topological polar surface area (TPSA) is 60.5 Å². The second kappa shape index (κ2) is 9.40. The number of nitrogens with zero attached hydrogens (tertiary/aromatic N) is 1. The van der Waals surface area contributed by atoms with Crippen molar-refractivity contribution in [3.63, 3.8) is 0 Å². The van der Waals surface area contributed by atoms with Crippen LogP contribution in [0.15, 0.2) is 72.8 Å². The fourth-order valence-corrected chi connectivity index (χ4v) is 4.42. The Bertz CT molecular complexity index is 1200. The SMILES string of the molecule is CCOc1ccc2nc(NC(=O)COc3ccc(C(C)(C)c4ccccc4)cc3)sc2c1. The number of fused-ring (bicyclic) bond motifs is 1. The van der Waals surface area contributed by atoms with Crippen molar-refractivity contribution in [2.24, 2.45) is 0 Å². The van der Waals surface area contributed by atoms with Gasteiger partial charge in [0.05, 0.1) is 16.8 Å². The highest BCUT2D eigenvalue weighted by molar-refractivity contribution is 7.22. The fraction of sp³-hybridized carbons (Fsp3) is 0.231. The number of benzene rings is 3. The van der Waals surface area contributed by atoms with Crippen molar-refractivity contribution in [1.82, 2.24) is 4.98 Å². The molecule has 0 aliphatic carbocycles. The lowest BCUT2D eigenvalue weighted by molar-refractivity contribution is -0.118. The summed E-state index contributed by atoms with van der Waals surface area (Å²) in [5, 5.41) is 3.36. The van der Waals surface area contributed by atoms with Gasteiger partial charge in [0.1, 0.15) is 11.5 Å². The molecular weight excluding hydrogens is 420 g/mol. The molecule has 1 heterocycles. The van der Waals surface area contributed by atoms with Gasteiger partial charge < -0.3 is 9.47 Å². The van der Waals surface area contributed by atoms with Crippen molar-refractivity contribution in [2.45, 2.75) is 26.2 Å². The van der Waals surface area contributed by atoms with Crippen LogP contribution >= 0.6 is 11.3 Å². The highest BCUT2D eigenvalue weighted by atomic mass is 32.1. The van der Waals surface area contributed by atoms with E-state index in [0.29, 0.717) is 17.5 Å². The summed E-state index contributed by atoms with van der Waals surface area (Å²) in [5.41, 5.74) is 3.14. The van der Waals surface area contributed by atoms with Crippen LogP contribution < -0.4 is 14.8 Å². The van der Waals surface area contributed by atoms with E-state index in [9.17, 15) is 4.79 Å². The molecule has 1 aromatic heterocycles. The molecule has 0 aliphatic heterocycles. The molecule has 1 amide bonds. The molecular formula is C26H26N2O3S. The van der Waals surface area contributed by atoms with Gasteiger partial charge in [-0.15, -0.1) is 0 Å². The van der Waals surface area contributed by atoms with Crippen LogP contribution in [-0.4, -0.2) is 24.1 Å². The minimum Gasteiger partial charge on any atom is -0.494 e. The van der Waals surface area contributed by atoms with Crippen molar-refractivity contribution in [2.75, 3.05) is 18.5 Å². The third-order valence-corrected chi connectivity index (χ3v) is 6.29. The Kier molecular flexibility index (Phi) is 6.42. The summed E-state index contributed by atoms with van der Waals surface area (Å²) < 4.78 is 12.2. The zero-order chi connectivity index (χ0) is 22.6. The summed E-state index contributed by atoms with van der Waals surface area (Å²) in [4.78, 5) is 16.8. The molecule has 5 nitrogen and oxygen atoms in total. The maximum atomic E-state index is 12.3. The van der Waals surface area contributed by atoms with Crippen molar-refractivity contribution < 1.29 is 14.3 Å². The quantitative estimate of drug-likeness (QED) is 0.359. The van der Waals surface area contributed by atoms with Gasteiger partial charge in [0, 0.05) is 5.41 Å². The molecule has 4 aromatic rings. The summed E-state index contributed by atoms with van der Waals surface area (Å²) in [7, 11) is 0. The van der Waals surface area contributed by atoms with Crippen LogP contribution in [0.25, 0.3) is 10.2 Å². The lowest BCUT2D eigenvalue weighted by atomic mass is 9.78. The zero-order valence-electron chi connectivity index (χ0n) is 18.4. The fourth-order valence-electron chi connectivity index (χ4n) is 3.51. The number of hydrogen-bond acceptors (Lipinski definition) is 5. The molecule has 0 fully saturated rings. The number of nitrogens with one attached hydrogen (secondary N) is 1. The number of ether oxygens (including phenoxy) is 2. The van der Waals surface area contributed by atoms with E-state index < -0.39 is 0 Å². The molecule has 6 heteroatoms. The first-order chi connectivity index (χ1) is 15.5. The van der Waals surface area contributed by atoms with Crippen molar-refractivity contribution in [3.05, 3.63) is 83.9 Å². The van der Waals surface area contributed by atoms with Gasteiger partial charge >= 0.3 is 0 Å². The Labute approximate surface area is 192 Å². The van der Waals surface area contributed by atoms with Crippen LogP contribution in [0.3, 0.4) is 0 Å². The van der Waals surface area contributed by atoms with Crippen molar-refractivity contribution in [1.29, 1.82) is 0 Å². The summed E-state index contributed by atoms with van der Waals surface area (Å²) in [5.74, 6) is 1.20. The third-order valence-electron chi connectivity index (χ3n) is 5.36. The Balaban J connectivity index is 1.35. The lowest BCUT2D eigenvalue weighted by Crippen LogP contribution is -2.20. The monoisotopic (exact) mass is 446 g/mol. The van der Waals surface area contributed by atoms with Gasteiger partial charge in [0.25, 0.3) is 5.91 Å². The van der Waals surface area contributed by atoms with E-state index in [1.165, 1.54) is 22.5 Å². The molecule has 0 saturated heterocycles. The average molecular weight is 447 g/mol. The largest absolute Gasteiger partial charge is 0.494 e. The predicted octanol–water partition coefficient (Wildman–Crippen LogP) is 6.04. The molecule has 0 saturated carbocycles. The lowest BCUT2D eigenvalue weighted by Gasteiger charge is -2.26. The Morgan fingerprint density at radius 2 is 1.62 bits per heavy atom. The highest BCUT2D eigenvalue weighted by Crippen LogP contribution is 2.32. The third kappa shape index (κ3) is 4.92. The maximum absolute atomic E-state index is 12.3. The first kappa shape index (κ1) is 21.8. The van der Waals surface area contributed by atoms with E-state index in [1.807, 2.05) is 55.5 Å². The van der Waals surface area contributed by atoms with Gasteiger partial charge in [0.2, 0.25) is 0 Å². The number of thiazole rings is 1. The molecule has 0 spiro atoms. The summed E-state index contributed by atoms with van der Waals surface area (Å²) in [6, 6.07) is 24.0. The standard InChI is InChI=1S/C26H26N2O3S/c1-4-30-21-14-15-22-23(16-21)32-25(27-22)28-24(29)17-31-20-12-10-19(11-13-20)26(2,3)18-8-6-5-7-9-18/h5-16H,4,17H2,1-3H3,(H,27,28,29). The van der Waals surface area contributed by atoms with E-state index in [0.717, 1.165) is 16.0 Å². The summed E-state index contributed by atoms with van der Waals surface area (Å²) >= 11 is 1.41. The molecule has 0 radical (unpaired) electrons. The Hall–Kier alpha value is -3.38. The highest BCUT2D eigenvalue weighted by Gasteiger charge is 2.22. The predicted molar refractivity (Wildman–Crippen MR) is 130 cm³/mol. The van der Waals surface area contributed by atoms with Gasteiger partial charge in [-0.25, -0.2) is 4.98 Å². The van der Waals surface area contributed by atoms with Gasteiger partial charge in [-0.3, -0.25) is 10.1 Å². The molecule has 3 aromatic carbocycles. The zero-order valence-corrected chi connectivity index (χ0v) is 19.2. The number of rotatable bonds is 8. The molecule has 32 heavy (non-hydrogen) atoms. The molecule has 0 aliphatic rings. The number of amides is 1. The van der Waals surface area contributed by atoms with Crippen LogP contribution in [0.4, 0.5) is 5.13 Å². The van der Waals surface area contributed by atoms with Crippen LogP contribution in [0, 0.1) is 0 Å². The van der Waals surface area contributed by atoms with Crippen LogP contribution in [0.2, 0.25) is 0 Å². The smallest absolute Gasteiger partial charge is 0.264 e. The number of hydrogen-bond donors (Lipinski definition) is 1.